The molecule has 0 unspecified atom stereocenters. The maximum atomic E-state index is 12.1. The third-order valence-corrected chi connectivity index (χ3v) is 4.27. The van der Waals surface area contributed by atoms with E-state index in [1.165, 1.54) is 6.07 Å². The number of rotatable bonds is 6. The van der Waals surface area contributed by atoms with Crippen molar-refractivity contribution in [2.45, 2.75) is 12.8 Å². The van der Waals surface area contributed by atoms with Gasteiger partial charge in [-0.2, -0.15) is 0 Å². The Hall–Kier alpha value is -3.41. The van der Waals surface area contributed by atoms with Crippen LogP contribution in [-0.2, 0) is 9.53 Å². The Morgan fingerprint density at radius 3 is 2.56 bits per heavy atom. The normalized spacial score (nSPS) is 11.7. The zero-order chi connectivity index (χ0) is 19.2. The van der Waals surface area contributed by atoms with Gasteiger partial charge in [0.25, 0.3) is 5.91 Å². The van der Waals surface area contributed by atoms with Gasteiger partial charge in [-0.3, -0.25) is 9.59 Å². The largest absolute Gasteiger partial charge is 0.451 e. The van der Waals surface area contributed by atoms with Crippen molar-refractivity contribution in [2.24, 2.45) is 0 Å². The van der Waals surface area contributed by atoms with Gasteiger partial charge in [-0.25, -0.2) is 4.79 Å². The summed E-state index contributed by atoms with van der Waals surface area (Å²) in [7, 11) is 0. The Morgan fingerprint density at radius 2 is 1.78 bits per heavy atom. The molecule has 2 aromatic carbocycles. The van der Waals surface area contributed by atoms with E-state index < -0.39 is 18.5 Å². The monoisotopic (exact) mass is 364 g/mol. The number of esters is 1. The number of benzene rings is 2. The van der Waals surface area contributed by atoms with Gasteiger partial charge in [0.05, 0.1) is 0 Å². The van der Waals surface area contributed by atoms with Crippen LogP contribution in [0.15, 0.2) is 65.5 Å². The lowest BCUT2D eigenvalue weighted by atomic mass is 10.0. The van der Waals surface area contributed by atoms with E-state index >= 15 is 0 Å². The molecule has 3 aromatic rings. The van der Waals surface area contributed by atoms with Crippen LogP contribution in [0.5, 0.6) is 0 Å². The Bertz CT molecular complexity index is 1010. The molecule has 1 aromatic heterocycles. The predicted octanol–water partition coefficient (Wildman–Crippen LogP) is 2.60. The number of hydrogen-bond donors (Lipinski definition) is 2. The molecular formula is C21H20N2O4. The van der Waals surface area contributed by atoms with E-state index in [1.54, 1.807) is 24.3 Å². The molecule has 0 bridgehead atoms. The highest BCUT2D eigenvalue weighted by molar-refractivity contribution is 5.92. The number of H-pyrrole nitrogens is 1. The molecule has 0 aliphatic heterocycles. The molecule has 3 rings (SSSR count). The van der Waals surface area contributed by atoms with Crippen LogP contribution in [0.3, 0.4) is 0 Å². The first-order valence-corrected chi connectivity index (χ1v) is 8.65. The van der Waals surface area contributed by atoms with Crippen LogP contribution >= 0.6 is 0 Å². The number of nitrogens with one attached hydrogen (secondary N) is 2. The minimum absolute atomic E-state index is 0.0177. The van der Waals surface area contributed by atoms with Gasteiger partial charge in [0, 0.05) is 23.5 Å². The Morgan fingerprint density at radius 1 is 1.07 bits per heavy atom. The Balaban J connectivity index is 1.54. The molecule has 0 fully saturated rings. The fourth-order valence-corrected chi connectivity index (χ4v) is 2.73. The molecule has 138 valence electrons. The molecular weight excluding hydrogens is 344 g/mol. The molecule has 0 radical (unpaired) electrons. The molecule has 0 spiro atoms. The van der Waals surface area contributed by atoms with E-state index in [0.717, 1.165) is 5.56 Å². The van der Waals surface area contributed by atoms with E-state index in [-0.39, 0.29) is 17.0 Å². The quantitative estimate of drug-likeness (QED) is 0.658. The van der Waals surface area contributed by atoms with Crippen LogP contribution < -0.4 is 10.7 Å². The van der Waals surface area contributed by atoms with Gasteiger partial charge in [-0.15, -0.1) is 0 Å². The van der Waals surface area contributed by atoms with E-state index in [1.807, 2.05) is 37.3 Å². The number of pyridine rings is 1. The van der Waals surface area contributed by atoms with E-state index in [9.17, 15) is 14.4 Å². The SMILES string of the molecule is C[C@@H](CNC(=O)COC(=O)c1cc(=O)c2ccccc2[nH]1)c1ccccc1. The lowest BCUT2D eigenvalue weighted by Gasteiger charge is -2.13. The third kappa shape index (κ3) is 4.61. The molecule has 1 atom stereocenters. The topological polar surface area (TPSA) is 88.3 Å². The fraction of sp³-hybridized carbons (Fsp3) is 0.190. The van der Waals surface area contributed by atoms with E-state index in [0.29, 0.717) is 17.4 Å². The second kappa shape index (κ2) is 8.31. The summed E-state index contributed by atoms with van der Waals surface area (Å²) in [6.07, 6.45) is 0. The highest BCUT2D eigenvalue weighted by Gasteiger charge is 2.14. The average molecular weight is 364 g/mol. The summed E-state index contributed by atoms with van der Waals surface area (Å²) in [5.41, 5.74) is 1.39. The number of carbonyl (C=O) groups is 2. The molecule has 0 aliphatic rings. The zero-order valence-electron chi connectivity index (χ0n) is 14.9. The number of aromatic nitrogens is 1. The number of hydrogen-bond acceptors (Lipinski definition) is 4. The van der Waals surface area contributed by atoms with Crippen molar-refractivity contribution in [2.75, 3.05) is 13.2 Å². The van der Waals surface area contributed by atoms with Gasteiger partial charge in [-0.1, -0.05) is 49.4 Å². The van der Waals surface area contributed by atoms with Gasteiger partial charge < -0.3 is 15.0 Å². The molecule has 6 heteroatoms. The number of aromatic amines is 1. The van der Waals surface area contributed by atoms with Crippen molar-refractivity contribution >= 4 is 22.8 Å². The average Bonchev–Trinajstić information content (AvgIpc) is 2.70. The minimum Gasteiger partial charge on any atom is -0.451 e. The Labute approximate surface area is 156 Å². The molecule has 2 N–H and O–H groups in total. The van der Waals surface area contributed by atoms with Crippen LogP contribution in [0, 0.1) is 0 Å². The summed E-state index contributed by atoms with van der Waals surface area (Å²) in [5, 5.41) is 3.23. The number of para-hydroxylation sites is 1. The summed E-state index contributed by atoms with van der Waals surface area (Å²) < 4.78 is 5.01. The molecule has 6 nitrogen and oxygen atoms in total. The first-order chi connectivity index (χ1) is 13.0. The highest BCUT2D eigenvalue weighted by Crippen LogP contribution is 2.13. The lowest BCUT2D eigenvalue weighted by molar-refractivity contribution is -0.124. The van der Waals surface area contributed by atoms with Crippen LogP contribution in [0.4, 0.5) is 0 Å². The minimum atomic E-state index is -0.746. The smallest absolute Gasteiger partial charge is 0.355 e. The molecule has 0 aliphatic carbocycles. The van der Waals surface area contributed by atoms with Crippen molar-refractivity contribution in [3.8, 4) is 0 Å². The maximum Gasteiger partial charge on any atom is 0.355 e. The molecule has 0 saturated heterocycles. The lowest BCUT2D eigenvalue weighted by Crippen LogP contribution is -2.31. The van der Waals surface area contributed by atoms with Gasteiger partial charge in [0.15, 0.2) is 12.0 Å². The van der Waals surface area contributed by atoms with E-state index in [4.69, 9.17) is 4.74 Å². The first kappa shape index (κ1) is 18.4. The third-order valence-electron chi connectivity index (χ3n) is 4.27. The van der Waals surface area contributed by atoms with Crippen molar-refractivity contribution in [3.05, 3.63) is 82.1 Å². The number of carbonyl (C=O) groups excluding carboxylic acids is 2. The molecule has 1 heterocycles. The molecule has 0 saturated carbocycles. The predicted molar refractivity (Wildman–Crippen MR) is 103 cm³/mol. The highest BCUT2D eigenvalue weighted by atomic mass is 16.5. The fourth-order valence-electron chi connectivity index (χ4n) is 2.73. The van der Waals surface area contributed by atoms with Gasteiger partial charge in [0.1, 0.15) is 5.69 Å². The van der Waals surface area contributed by atoms with Crippen LogP contribution in [0.2, 0.25) is 0 Å². The van der Waals surface area contributed by atoms with Gasteiger partial charge >= 0.3 is 5.97 Å². The van der Waals surface area contributed by atoms with Gasteiger partial charge in [-0.05, 0) is 23.6 Å². The van der Waals surface area contributed by atoms with Gasteiger partial charge in [0.2, 0.25) is 0 Å². The second-order valence-corrected chi connectivity index (χ2v) is 6.28. The maximum absolute atomic E-state index is 12.1. The van der Waals surface area contributed by atoms with Crippen molar-refractivity contribution in [3.63, 3.8) is 0 Å². The number of fused-ring (bicyclic) bond motifs is 1. The summed E-state index contributed by atoms with van der Waals surface area (Å²) in [6, 6.07) is 17.9. The van der Waals surface area contributed by atoms with Crippen molar-refractivity contribution in [1.29, 1.82) is 0 Å². The standard InChI is InChI=1S/C21H20N2O4/c1-14(15-7-3-2-4-8-15)12-22-20(25)13-27-21(26)18-11-19(24)16-9-5-6-10-17(16)23-18/h2-11,14H,12-13H2,1H3,(H,22,25)(H,23,24)/t14-/m0/s1. The van der Waals surface area contributed by atoms with Crippen molar-refractivity contribution < 1.29 is 14.3 Å². The van der Waals surface area contributed by atoms with Crippen molar-refractivity contribution in [1.82, 2.24) is 10.3 Å². The second-order valence-electron chi connectivity index (χ2n) is 6.28. The summed E-state index contributed by atoms with van der Waals surface area (Å²) >= 11 is 0. The molecule has 27 heavy (non-hydrogen) atoms. The van der Waals surface area contributed by atoms with Crippen LogP contribution in [0.1, 0.15) is 28.9 Å². The Kier molecular flexibility index (Phi) is 5.66. The zero-order valence-corrected chi connectivity index (χ0v) is 14.9. The summed E-state index contributed by atoms with van der Waals surface area (Å²) in [4.78, 5) is 39.0. The van der Waals surface area contributed by atoms with Crippen LogP contribution in [0.25, 0.3) is 10.9 Å². The number of amides is 1. The summed E-state index contributed by atoms with van der Waals surface area (Å²) in [5.74, 6) is -0.999. The first-order valence-electron chi connectivity index (χ1n) is 8.65. The summed E-state index contributed by atoms with van der Waals surface area (Å²) in [6.45, 7) is 2.03. The van der Waals surface area contributed by atoms with Crippen LogP contribution in [-0.4, -0.2) is 30.0 Å². The van der Waals surface area contributed by atoms with E-state index in [2.05, 4.69) is 10.3 Å². The molecule has 1 amide bonds. The number of ether oxygens (including phenoxy) is 1.